The lowest BCUT2D eigenvalue weighted by Crippen LogP contribution is -2.47. The molecular weight excluding hydrogens is 269 g/mol. The number of nitrogens with two attached hydrogens (primary N) is 1. The molecule has 1 aliphatic heterocycles. The van der Waals surface area contributed by atoms with Gasteiger partial charge in [-0.25, -0.2) is 0 Å². The molecule has 3 nitrogen and oxygen atoms in total. The maximum atomic E-state index is 5.92. The molecule has 1 heterocycles. The Morgan fingerprint density at radius 3 is 2.22 bits per heavy atom. The van der Waals surface area contributed by atoms with Gasteiger partial charge in [-0.1, -0.05) is 23.7 Å². The normalized spacial score (nSPS) is 19.3. The summed E-state index contributed by atoms with van der Waals surface area (Å²) in [6.45, 7) is 5.06. The molecule has 0 amide bonds. The van der Waals surface area contributed by atoms with Crippen LogP contribution >= 0.6 is 24.0 Å². The first-order valence-corrected chi connectivity index (χ1v) is 6.46. The summed E-state index contributed by atoms with van der Waals surface area (Å²) in [6, 6.07) is 8.36. The molecule has 0 saturated carbocycles. The van der Waals surface area contributed by atoms with Crippen molar-refractivity contribution < 1.29 is 0 Å². The van der Waals surface area contributed by atoms with E-state index in [-0.39, 0.29) is 12.4 Å². The summed E-state index contributed by atoms with van der Waals surface area (Å²) in [5.41, 5.74) is 7.19. The average Bonchev–Trinajstić information content (AvgIpc) is 2.35. The topological polar surface area (TPSA) is 32.5 Å². The summed E-state index contributed by atoms with van der Waals surface area (Å²) in [5, 5.41) is 0.780. The van der Waals surface area contributed by atoms with Crippen LogP contribution in [0.3, 0.4) is 0 Å². The highest BCUT2D eigenvalue weighted by atomic mass is 35.5. The number of piperazine rings is 1. The molecule has 1 aromatic rings. The van der Waals surface area contributed by atoms with Gasteiger partial charge in [0.25, 0.3) is 0 Å². The molecule has 0 aliphatic carbocycles. The largest absolute Gasteiger partial charge is 0.329 e. The third-order valence-electron chi connectivity index (χ3n) is 3.46. The third-order valence-corrected chi connectivity index (χ3v) is 3.71. The zero-order valence-electron chi connectivity index (χ0n) is 10.7. The Kier molecular flexibility index (Phi) is 6.39. The molecule has 1 fully saturated rings. The Balaban J connectivity index is 0.00000162. The first-order valence-electron chi connectivity index (χ1n) is 6.09. The van der Waals surface area contributed by atoms with Crippen LogP contribution in [0, 0.1) is 0 Å². The number of benzene rings is 1. The molecule has 1 unspecified atom stereocenters. The fraction of sp³-hybridized carbons (Fsp3) is 0.538. The number of rotatable bonds is 3. The maximum absolute atomic E-state index is 5.92. The molecule has 0 radical (unpaired) electrons. The molecule has 1 saturated heterocycles. The van der Waals surface area contributed by atoms with E-state index in [4.69, 9.17) is 17.3 Å². The van der Waals surface area contributed by atoms with Crippen molar-refractivity contribution in [3.63, 3.8) is 0 Å². The highest BCUT2D eigenvalue weighted by Gasteiger charge is 2.22. The van der Waals surface area contributed by atoms with Gasteiger partial charge in [0.1, 0.15) is 0 Å². The van der Waals surface area contributed by atoms with E-state index < -0.39 is 0 Å². The van der Waals surface area contributed by atoms with E-state index >= 15 is 0 Å². The second-order valence-electron chi connectivity index (χ2n) is 4.64. The van der Waals surface area contributed by atoms with Crippen LogP contribution in [0.2, 0.25) is 5.02 Å². The van der Waals surface area contributed by atoms with Crippen LogP contribution in [0.4, 0.5) is 0 Å². The molecule has 0 spiro atoms. The van der Waals surface area contributed by atoms with Gasteiger partial charge in [0.05, 0.1) is 0 Å². The smallest absolute Gasteiger partial charge is 0.0471 e. The Morgan fingerprint density at radius 2 is 1.72 bits per heavy atom. The standard InChI is InChI=1S/C13H20ClN3.ClH/c1-16-6-8-17(9-7-16)13(10-15)11-2-4-12(14)5-3-11;/h2-5,13H,6-10,15H2,1H3;1H. The lowest BCUT2D eigenvalue weighted by Gasteiger charge is -2.37. The van der Waals surface area contributed by atoms with Crippen molar-refractivity contribution in [2.24, 2.45) is 5.73 Å². The van der Waals surface area contributed by atoms with Gasteiger partial charge in [0.2, 0.25) is 0 Å². The van der Waals surface area contributed by atoms with E-state index in [1.165, 1.54) is 5.56 Å². The molecule has 1 atom stereocenters. The predicted molar refractivity (Wildman–Crippen MR) is 79.6 cm³/mol. The van der Waals surface area contributed by atoms with Gasteiger partial charge in [-0.3, -0.25) is 4.90 Å². The zero-order valence-corrected chi connectivity index (χ0v) is 12.3. The van der Waals surface area contributed by atoms with E-state index in [1.54, 1.807) is 0 Å². The average molecular weight is 290 g/mol. The Morgan fingerprint density at radius 1 is 1.17 bits per heavy atom. The lowest BCUT2D eigenvalue weighted by molar-refractivity contribution is 0.114. The Hall–Kier alpha value is -0.320. The van der Waals surface area contributed by atoms with E-state index in [9.17, 15) is 0 Å². The number of hydrogen-bond donors (Lipinski definition) is 1. The summed E-state index contributed by atoms with van der Waals surface area (Å²) >= 11 is 5.91. The van der Waals surface area contributed by atoms with E-state index in [0.717, 1.165) is 31.2 Å². The van der Waals surface area contributed by atoms with Crippen molar-refractivity contribution in [2.75, 3.05) is 39.8 Å². The van der Waals surface area contributed by atoms with Crippen LogP contribution < -0.4 is 5.73 Å². The molecule has 18 heavy (non-hydrogen) atoms. The van der Waals surface area contributed by atoms with Gasteiger partial charge in [-0.15, -0.1) is 12.4 Å². The monoisotopic (exact) mass is 289 g/mol. The lowest BCUT2D eigenvalue weighted by atomic mass is 10.0. The van der Waals surface area contributed by atoms with Crippen LogP contribution in [0.1, 0.15) is 11.6 Å². The van der Waals surface area contributed by atoms with E-state index in [1.807, 2.05) is 12.1 Å². The maximum Gasteiger partial charge on any atom is 0.0471 e. The molecule has 5 heteroatoms. The first kappa shape index (κ1) is 15.7. The molecule has 102 valence electrons. The van der Waals surface area contributed by atoms with Gasteiger partial charge < -0.3 is 10.6 Å². The van der Waals surface area contributed by atoms with Crippen LogP contribution in [0.25, 0.3) is 0 Å². The van der Waals surface area contributed by atoms with Crippen molar-refractivity contribution in [3.8, 4) is 0 Å². The summed E-state index contributed by atoms with van der Waals surface area (Å²) in [4.78, 5) is 4.81. The summed E-state index contributed by atoms with van der Waals surface area (Å²) in [6.07, 6.45) is 0. The fourth-order valence-electron chi connectivity index (χ4n) is 2.31. The minimum atomic E-state index is 0. The summed E-state index contributed by atoms with van der Waals surface area (Å²) < 4.78 is 0. The number of hydrogen-bond acceptors (Lipinski definition) is 3. The van der Waals surface area contributed by atoms with Crippen molar-refractivity contribution in [2.45, 2.75) is 6.04 Å². The van der Waals surface area contributed by atoms with Gasteiger partial charge in [-0.05, 0) is 24.7 Å². The highest BCUT2D eigenvalue weighted by molar-refractivity contribution is 6.30. The molecule has 1 aromatic carbocycles. The minimum Gasteiger partial charge on any atom is -0.329 e. The molecule has 2 rings (SSSR count). The van der Waals surface area contributed by atoms with Gasteiger partial charge in [0.15, 0.2) is 0 Å². The van der Waals surface area contributed by atoms with Gasteiger partial charge in [-0.2, -0.15) is 0 Å². The fourth-order valence-corrected chi connectivity index (χ4v) is 2.44. The molecule has 0 aromatic heterocycles. The van der Waals surface area contributed by atoms with Crippen molar-refractivity contribution >= 4 is 24.0 Å². The molecular formula is C13H21Cl2N3. The second-order valence-corrected chi connectivity index (χ2v) is 5.08. The number of likely N-dealkylation sites (N-methyl/N-ethyl adjacent to an activating group) is 1. The van der Waals surface area contributed by atoms with Crippen LogP contribution in [0.15, 0.2) is 24.3 Å². The van der Waals surface area contributed by atoms with Crippen molar-refractivity contribution in [1.29, 1.82) is 0 Å². The highest BCUT2D eigenvalue weighted by Crippen LogP contribution is 2.22. The quantitative estimate of drug-likeness (QED) is 0.924. The van der Waals surface area contributed by atoms with Gasteiger partial charge in [0, 0.05) is 43.8 Å². The molecule has 2 N–H and O–H groups in total. The number of halogens is 2. The SMILES string of the molecule is CN1CCN(C(CN)c2ccc(Cl)cc2)CC1.Cl. The van der Waals surface area contributed by atoms with E-state index in [0.29, 0.717) is 12.6 Å². The van der Waals surface area contributed by atoms with Crippen LogP contribution in [-0.4, -0.2) is 49.6 Å². The van der Waals surface area contributed by atoms with Crippen LogP contribution in [-0.2, 0) is 0 Å². The second kappa shape index (κ2) is 7.31. The Bertz CT molecular complexity index is 348. The van der Waals surface area contributed by atoms with Crippen molar-refractivity contribution in [3.05, 3.63) is 34.9 Å². The first-order chi connectivity index (χ1) is 8.20. The number of nitrogens with zero attached hydrogens (tertiary/aromatic N) is 2. The van der Waals surface area contributed by atoms with Crippen molar-refractivity contribution in [1.82, 2.24) is 9.80 Å². The Labute approximate surface area is 120 Å². The minimum absolute atomic E-state index is 0. The van der Waals surface area contributed by atoms with E-state index in [2.05, 4.69) is 29.0 Å². The summed E-state index contributed by atoms with van der Waals surface area (Å²) in [7, 11) is 2.16. The van der Waals surface area contributed by atoms with Crippen LogP contribution in [0.5, 0.6) is 0 Å². The van der Waals surface area contributed by atoms with Gasteiger partial charge >= 0.3 is 0 Å². The predicted octanol–water partition coefficient (Wildman–Crippen LogP) is 2.01. The summed E-state index contributed by atoms with van der Waals surface area (Å²) in [5.74, 6) is 0. The molecule has 0 bridgehead atoms. The zero-order chi connectivity index (χ0) is 12.3. The molecule has 1 aliphatic rings. The third kappa shape index (κ3) is 3.84.